The smallest absolute Gasteiger partial charge is 0.230 e. The predicted octanol–water partition coefficient (Wildman–Crippen LogP) is 6.37. The molecule has 0 aliphatic rings. The van der Waals surface area contributed by atoms with Crippen molar-refractivity contribution in [1.29, 1.82) is 0 Å². The third-order valence-corrected chi connectivity index (χ3v) is 5.32. The van der Waals surface area contributed by atoms with E-state index in [4.69, 9.17) is 39.5 Å². The van der Waals surface area contributed by atoms with E-state index in [1.807, 2.05) is 5.38 Å². The second-order valence-electron chi connectivity index (χ2n) is 5.30. The zero-order chi connectivity index (χ0) is 18.7. The van der Waals surface area contributed by atoms with Crippen LogP contribution in [0.5, 0.6) is 5.75 Å². The molecule has 4 nitrogen and oxygen atoms in total. The van der Waals surface area contributed by atoms with E-state index in [1.54, 1.807) is 42.5 Å². The van der Waals surface area contributed by atoms with Gasteiger partial charge in [-0.15, -0.1) is 11.3 Å². The number of halogens is 3. The van der Waals surface area contributed by atoms with Crippen LogP contribution in [-0.4, -0.2) is 10.9 Å². The van der Waals surface area contributed by atoms with E-state index in [-0.39, 0.29) is 12.5 Å². The first kappa shape index (κ1) is 19.0. The van der Waals surface area contributed by atoms with E-state index in [0.29, 0.717) is 37.3 Å². The van der Waals surface area contributed by atoms with Crippen LogP contribution in [0.25, 0.3) is 0 Å². The lowest BCUT2D eigenvalue weighted by Gasteiger charge is -2.18. The van der Waals surface area contributed by atoms with Crippen molar-refractivity contribution in [2.45, 2.75) is 13.5 Å². The highest BCUT2D eigenvalue weighted by atomic mass is 35.5. The minimum atomic E-state index is -0.160. The molecule has 3 rings (SSSR count). The highest BCUT2D eigenvalue weighted by Gasteiger charge is 2.18. The van der Waals surface area contributed by atoms with Crippen molar-refractivity contribution >= 4 is 62.9 Å². The van der Waals surface area contributed by atoms with Crippen LogP contribution in [-0.2, 0) is 11.4 Å². The first-order valence-electron chi connectivity index (χ1n) is 7.53. The fraction of sp³-hybridized carbons (Fsp3) is 0.111. The van der Waals surface area contributed by atoms with Crippen LogP contribution in [0, 0.1) is 0 Å². The summed E-state index contributed by atoms with van der Waals surface area (Å²) in [5.41, 5.74) is 1.33. The second-order valence-corrected chi connectivity index (χ2v) is 7.35. The zero-order valence-corrected chi connectivity index (χ0v) is 16.7. The molecule has 0 N–H and O–H groups in total. The molecule has 0 aliphatic heterocycles. The third kappa shape index (κ3) is 4.30. The highest BCUT2D eigenvalue weighted by molar-refractivity contribution is 7.14. The molecule has 0 saturated carbocycles. The lowest BCUT2D eigenvalue weighted by atomic mass is 10.3. The van der Waals surface area contributed by atoms with Gasteiger partial charge in [-0.05, 0) is 30.3 Å². The Morgan fingerprint density at radius 3 is 2.69 bits per heavy atom. The van der Waals surface area contributed by atoms with Gasteiger partial charge >= 0.3 is 0 Å². The second kappa shape index (κ2) is 8.27. The van der Waals surface area contributed by atoms with Gasteiger partial charge in [-0.3, -0.25) is 9.69 Å². The van der Waals surface area contributed by atoms with E-state index in [1.165, 1.54) is 23.2 Å². The summed E-state index contributed by atoms with van der Waals surface area (Å²) in [6, 6.07) is 12.2. The van der Waals surface area contributed by atoms with Gasteiger partial charge in [0.15, 0.2) is 5.13 Å². The van der Waals surface area contributed by atoms with Crippen LogP contribution < -0.4 is 9.64 Å². The summed E-state index contributed by atoms with van der Waals surface area (Å²) >= 11 is 19.5. The first-order valence-corrected chi connectivity index (χ1v) is 9.54. The first-order chi connectivity index (χ1) is 12.5. The minimum Gasteiger partial charge on any atom is -0.486 e. The van der Waals surface area contributed by atoms with Crippen molar-refractivity contribution in [3.63, 3.8) is 0 Å². The summed E-state index contributed by atoms with van der Waals surface area (Å²) in [6.07, 6.45) is 0. The molecule has 0 fully saturated rings. The fourth-order valence-electron chi connectivity index (χ4n) is 2.25. The van der Waals surface area contributed by atoms with Crippen LogP contribution in [0.1, 0.15) is 12.6 Å². The molecule has 26 heavy (non-hydrogen) atoms. The molecule has 0 bridgehead atoms. The van der Waals surface area contributed by atoms with Gasteiger partial charge in [0.2, 0.25) is 5.91 Å². The molecule has 0 aliphatic carbocycles. The van der Waals surface area contributed by atoms with Crippen molar-refractivity contribution in [2.24, 2.45) is 0 Å². The Hall–Kier alpha value is -1.79. The number of hydrogen-bond donors (Lipinski definition) is 0. The summed E-state index contributed by atoms with van der Waals surface area (Å²) in [7, 11) is 0. The summed E-state index contributed by atoms with van der Waals surface area (Å²) in [5, 5.41) is 3.69. The SMILES string of the molecule is CC(=O)N(c1cccc(Cl)c1)c1nc(COc2cccc(Cl)c2Cl)cs1. The summed E-state index contributed by atoms with van der Waals surface area (Å²) in [4.78, 5) is 18.1. The van der Waals surface area contributed by atoms with Crippen molar-refractivity contribution in [2.75, 3.05) is 4.90 Å². The zero-order valence-electron chi connectivity index (χ0n) is 13.6. The van der Waals surface area contributed by atoms with Crippen molar-refractivity contribution in [3.8, 4) is 5.75 Å². The maximum Gasteiger partial charge on any atom is 0.230 e. The number of rotatable bonds is 5. The number of hydrogen-bond acceptors (Lipinski definition) is 4. The largest absolute Gasteiger partial charge is 0.486 e. The maximum absolute atomic E-state index is 12.1. The van der Waals surface area contributed by atoms with Crippen LogP contribution in [0.15, 0.2) is 47.8 Å². The number of ether oxygens (including phenoxy) is 1. The Balaban J connectivity index is 1.79. The monoisotopic (exact) mass is 426 g/mol. The molecule has 0 spiro atoms. The number of amides is 1. The topological polar surface area (TPSA) is 42.4 Å². The van der Waals surface area contributed by atoms with E-state index < -0.39 is 0 Å². The Kier molecular flexibility index (Phi) is 6.04. The molecule has 134 valence electrons. The van der Waals surface area contributed by atoms with Crippen LogP contribution >= 0.6 is 46.1 Å². The molecule has 0 unspecified atom stereocenters. The number of benzene rings is 2. The maximum atomic E-state index is 12.1. The summed E-state index contributed by atoms with van der Waals surface area (Å²) in [6.45, 7) is 1.68. The lowest BCUT2D eigenvalue weighted by Crippen LogP contribution is -2.22. The van der Waals surface area contributed by atoms with Crippen molar-refractivity contribution < 1.29 is 9.53 Å². The third-order valence-electron chi connectivity index (χ3n) is 3.40. The number of anilines is 2. The molecule has 0 saturated heterocycles. The molecule has 1 amide bonds. The standard InChI is InChI=1S/C18H13Cl3N2O2S/c1-11(24)23(14-5-2-4-12(19)8-14)18-22-13(10-26-18)9-25-16-7-3-6-15(20)17(16)21/h2-8,10H,9H2,1H3. The van der Waals surface area contributed by atoms with Gasteiger partial charge in [0.05, 0.1) is 16.4 Å². The summed E-state index contributed by atoms with van der Waals surface area (Å²) < 4.78 is 5.69. The quantitative estimate of drug-likeness (QED) is 0.475. The van der Waals surface area contributed by atoms with Crippen LogP contribution in [0.2, 0.25) is 15.1 Å². The molecule has 8 heteroatoms. The van der Waals surface area contributed by atoms with Gasteiger partial charge < -0.3 is 4.74 Å². The molecular weight excluding hydrogens is 415 g/mol. The van der Waals surface area contributed by atoms with E-state index in [9.17, 15) is 4.79 Å². The average molecular weight is 428 g/mol. The highest BCUT2D eigenvalue weighted by Crippen LogP contribution is 2.33. The van der Waals surface area contributed by atoms with Gasteiger partial charge in [0.25, 0.3) is 0 Å². The van der Waals surface area contributed by atoms with Gasteiger partial charge in [-0.25, -0.2) is 4.98 Å². The lowest BCUT2D eigenvalue weighted by molar-refractivity contribution is -0.115. The normalized spacial score (nSPS) is 10.6. The summed E-state index contributed by atoms with van der Waals surface area (Å²) in [5.74, 6) is 0.318. The number of thiazole rings is 1. The number of carbonyl (C=O) groups is 1. The fourth-order valence-corrected chi connectivity index (χ4v) is 3.66. The van der Waals surface area contributed by atoms with Gasteiger partial charge in [-0.2, -0.15) is 0 Å². The van der Waals surface area contributed by atoms with Crippen LogP contribution in [0.4, 0.5) is 10.8 Å². The van der Waals surface area contributed by atoms with E-state index in [2.05, 4.69) is 4.98 Å². The average Bonchev–Trinajstić information content (AvgIpc) is 3.04. The Morgan fingerprint density at radius 1 is 1.19 bits per heavy atom. The molecule has 1 aromatic heterocycles. The Bertz CT molecular complexity index is 946. The van der Waals surface area contributed by atoms with Gasteiger partial charge in [-0.1, -0.05) is 46.9 Å². The molecule has 0 radical (unpaired) electrons. The number of nitrogens with zero attached hydrogens (tertiary/aromatic N) is 2. The molecule has 3 aromatic rings. The predicted molar refractivity (Wildman–Crippen MR) is 107 cm³/mol. The Labute approximate surface area is 169 Å². The molecule has 0 atom stereocenters. The van der Waals surface area contributed by atoms with E-state index in [0.717, 1.165) is 0 Å². The Morgan fingerprint density at radius 2 is 1.96 bits per heavy atom. The van der Waals surface area contributed by atoms with Crippen LogP contribution in [0.3, 0.4) is 0 Å². The van der Waals surface area contributed by atoms with Crippen molar-refractivity contribution in [3.05, 3.63) is 68.6 Å². The number of carbonyl (C=O) groups excluding carboxylic acids is 1. The molecule has 2 aromatic carbocycles. The van der Waals surface area contributed by atoms with E-state index >= 15 is 0 Å². The molecular formula is C18H13Cl3N2O2S. The van der Waals surface area contributed by atoms with Crippen molar-refractivity contribution in [1.82, 2.24) is 4.98 Å². The number of aromatic nitrogens is 1. The van der Waals surface area contributed by atoms with Gasteiger partial charge in [0.1, 0.15) is 17.4 Å². The van der Waals surface area contributed by atoms with Gasteiger partial charge in [0, 0.05) is 17.3 Å². The minimum absolute atomic E-state index is 0.160. The molecule has 1 heterocycles.